The van der Waals surface area contributed by atoms with Gasteiger partial charge in [0.15, 0.2) is 5.78 Å². The number of benzene rings is 2. The van der Waals surface area contributed by atoms with Gasteiger partial charge < -0.3 is 14.8 Å². The molecule has 1 N–H and O–H groups in total. The van der Waals surface area contributed by atoms with Crippen molar-refractivity contribution in [2.75, 3.05) is 59.6 Å². The van der Waals surface area contributed by atoms with E-state index in [4.69, 9.17) is 9.47 Å². The van der Waals surface area contributed by atoms with Crippen molar-refractivity contribution in [2.24, 2.45) is 0 Å². The molecule has 9 heteroatoms. The van der Waals surface area contributed by atoms with Crippen molar-refractivity contribution in [3.05, 3.63) is 59.7 Å². The third-order valence-electron chi connectivity index (χ3n) is 6.74. The third-order valence-corrected chi connectivity index (χ3v) is 8.65. The maximum Gasteiger partial charge on any atom is 0.243 e. The molecule has 35 heavy (non-hydrogen) atoms. The highest BCUT2D eigenvalue weighted by molar-refractivity contribution is 7.89. The van der Waals surface area contributed by atoms with Gasteiger partial charge in [-0.05, 0) is 55.8 Å². The zero-order chi connectivity index (χ0) is 24.7. The van der Waals surface area contributed by atoms with Gasteiger partial charge in [-0.25, -0.2) is 8.42 Å². The maximum absolute atomic E-state index is 12.8. The predicted molar refractivity (Wildman–Crippen MR) is 134 cm³/mol. The number of morpholine rings is 1. The van der Waals surface area contributed by atoms with Crippen LogP contribution in [0.2, 0.25) is 0 Å². The number of nitrogens with zero attached hydrogens (tertiary/aromatic N) is 2. The molecule has 2 aliphatic rings. The van der Waals surface area contributed by atoms with Crippen molar-refractivity contribution in [3.8, 4) is 5.75 Å². The van der Waals surface area contributed by atoms with Crippen LogP contribution in [-0.2, 0) is 14.8 Å². The van der Waals surface area contributed by atoms with E-state index in [1.807, 2.05) is 12.1 Å². The summed E-state index contributed by atoms with van der Waals surface area (Å²) in [5, 5.41) is 3.34. The van der Waals surface area contributed by atoms with Crippen LogP contribution in [0, 0.1) is 0 Å². The molecule has 2 aliphatic heterocycles. The summed E-state index contributed by atoms with van der Waals surface area (Å²) in [7, 11) is -1.91. The Balaban J connectivity index is 1.37. The molecule has 0 radical (unpaired) electrons. The van der Waals surface area contributed by atoms with E-state index >= 15 is 0 Å². The van der Waals surface area contributed by atoms with Crippen molar-refractivity contribution in [1.82, 2.24) is 14.5 Å². The minimum absolute atomic E-state index is 0.0626. The Hall–Kier alpha value is -2.30. The molecule has 0 saturated carbocycles. The number of nitrogens with one attached hydrogen (secondary N) is 1. The van der Waals surface area contributed by atoms with Crippen molar-refractivity contribution < 1.29 is 22.7 Å². The molecule has 0 aromatic heterocycles. The first kappa shape index (κ1) is 25.8. The Kier molecular flexibility index (Phi) is 8.91. The number of sulfonamides is 1. The topological polar surface area (TPSA) is 88.2 Å². The largest absolute Gasteiger partial charge is 0.497 e. The lowest BCUT2D eigenvalue weighted by Crippen LogP contribution is -2.40. The number of likely N-dealkylation sites (tertiary alicyclic amines) is 1. The Labute approximate surface area is 208 Å². The number of piperidine rings is 1. The van der Waals surface area contributed by atoms with Crippen molar-refractivity contribution in [3.63, 3.8) is 0 Å². The summed E-state index contributed by atoms with van der Waals surface area (Å²) in [4.78, 5) is 15.5. The number of rotatable bonds is 10. The molecular formula is C26H35N3O5S. The van der Waals surface area contributed by atoms with Crippen LogP contribution >= 0.6 is 0 Å². The Morgan fingerprint density at radius 2 is 1.63 bits per heavy atom. The maximum atomic E-state index is 12.8. The lowest BCUT2D eigenvalue weighted by Gasteiger charge is -2.35. The van der Waals surface area contributed by atoms with Crippen LogP contribution in [0.5, 0.6) is 5.75 Å². The molecule has 2 aromatic rings. The molecule has 0 spiro atoms. The number of hydrogen-bond acceptors (Lipinski definition) is 7. The summed E-state index contributed by atoms with van der Waals surface area (Å²) in [5.41, 5.74) is 1.70. The van der Waals surface area contributed by atoms with Crippen LogP contribution in [0.4, 0.5) is 0 Å². The molecule has 8 nitrogen and oxygen atoms in total. The molecule has 2 aromatic carbocycles. The van der Waals surface area contributed by atoms with E-state index in [1.54, 1.807) is 19.2 Å². The van der Waals surface area contributed by atoms with Crippen molar-refractivity contribution in [1.29, 1.82) is 0 Å². The molecular weight excluding hydrogens is 466 g/mol. The molecule has 4 rings (SSSR count). The molecule has 190 valence electrons. The first-order valence-electron chi connectivity index (χ1n) is 12.3. The molecule has 0 aliphatic carbocycles. The van der Waals surface area contributed by atoms with Gasteiger partial charge in [-0.15, -0.1) is 0 Å². The van der Waals surface area contributed by atoms with Gasteiger partial charge in [0.1, 0.15) is 5.75 Å². The summed E-state index contributed by atoms with van der Waals surface area (Å²) >= 11 is 0. The van der Waals surface area contributed by atoms with Gasteiger partial charge in [0.25, 0.3) is 0 Å². The average Bonchev–Trinajstić information content (AvgIpc) is 2.92. The molecule has 0 bridgehead atoms. The molecule has 1 unspecified atom stereocenters. The fourth-order valence-electron chi connectivity index (χ4n) is 4.69. The van der Waals surface area contributed by atoms with Crippen molar-refractivity contribution in [2.45, 2.75) is 30.2 Å². The molecule has 1 atom stereocenters. The number of methoxy groups -OCH3 is 1. The first-order chi connectivity index (χ1) is 17.0. The zero-order valence-corrected chi connectivity index (χ0v) is 21.1. The SMILES string of the molecule is COc1ccc(C(CNCC(=O)c2ccc(S(=O)(=O)N3CCOCC3)cc2)N2CCCCC2)cc1. The molecule has 0 amide bonds. The predicted octanol–water partition coefficient (Wildman–Crippen LogP) is 2.72. The van der Waals surface area contributed by atoms with Crippen LogP contribution in [0.3, 0.4) is 0 Å². The average molecular weight is 502 g/mol. The highest BCUT2D eigenvalue weighted by atomic mass is 32.2. The van der Waals surface area contributed by atoms with Gasteiger partial charge in [-0.2, -0.15) is 4.31 Å². The van der Waals surface area contributed by atoms with Gasteiger partial charge in [0.2, 0.25) is 10.0 Å². The van der Waals surface area contributed by atoms with Crippen LogP contribution in [0.15, 0.2) is 53.4 Å². The van der Waals surface area contributed by atoms with Crippen LogP contribution in [0.1, 0.15) is 41.2 Å². The fourth-order valence-corrected chi connectivity index (χ4v) is 6.10. The van der Waals surface area contributed by atoms with Crippen LogP contribution < -0.4 is 10.1 Å². The van der Waals surface area contributed by atoms with E-state index in [0.717, 1.165) is 18.8 Å². The number of carbonyl (C=O) groups is 1. The van der Waals surface area contributed by atoms with E-state index in [9.17, 15) is 13.2 Å². The Morgan fingerprint density at radius 1 is 0.971 bits per heavy atom. The second-order valence-corrected chi connectivity index (χ2v) is 10.9. The normalized spacial score (nSPS) is 18.8. The van der Waals surface area contributed by atoms with E-state index in [2.05, 4.69) is 22.3 Å². The second-order valence-electron chi connectivity index (χ2n) is 8.98. The second kappa shape index (κ2) is 12.1. The number of ketones is 1. The summed E-state index contributed by atoms with van der Waals surface area (Å²) < 4.78 is 37.6. The summed E-state index contributed by atoms with van der Waals surface area (Å²) in [6.45, 7) is 4.43. The van der Waals surface area contributed by atoms with Gasteiger partial charge >= 0.3 is 0 Å². The number of Topliss-reactive ketones (excluding diaryl/α,β-unsaturated/α-hetero) is 1. The first-order valence-corrected chi connectivity index (χ1v) is 13.7. The van der Waals surface area contributed by atoms with Gasteiger partial charge in [0, 0.05) is 31.2 Å². The quantitative estimate of drug-likeness (QED) is 0.501. The summed E-state index contributed by atoms with van der Waals surface area (Å²) in [5.74, 6) is 0.765. The highest BCUT2D eigenvalue weighted by Gasteiger charge is 2.26. The lowest BCUT2D eigenvalue weighted by molar-refractivity contribution is 0.0730. The highest BCUT2D eigenvalue weighted by Crippen LogP contribution is 2.26. The smallest absolute Gasteiger partial charge is 0.243 e. The molecule has 2 heterocycles. The third kappa shape index (κ3) is 6.48. The number of carbonyl (C=O) groups excluding carboxylic acids is 1. The van der Waals surface area contributed by atoms with Crippen molar-refractivity contribution >= 4 is 15.8 Å². The van der Waals surface area contributed by atoms with Gasteiger partial charge in [0.05, 0.1) is 31.8 Å². The van der Waals surface area contributed by atoms with Crippen LogP contribution in [0.25, 0.3) is 0 Å². The summed E-state index contributed by atoms with van der Waals surface area (Å²) in [6.07, 6.45) is 3.63. The zero-order valence-electron chi connectivity index (χ0n) is 20.3. The van der Waals surface area contributed by atoms with E-state index < -0.39 is 10.0 Å². The van der Waals surface area contributed by atoms with E-state index in [-0.39, 0.29) is 23.3 Å². The van der Waals surface area contributed by atoms with Gasteiger partial charge in [-0.3, -0.25) is 9.69 Å². The van der Waals surface area contributed by atoms with E-state index in [0.29, 0.717) is 38.4 Å². The van der Waals surface area contributed by atoms with Gasteiger partial charge in [-0.1, -0.05) is 30.7 Å². The molecule has 2 fully saturated rings. The molecule has 2 saturated heterocycles. The standard InChI is InChI=1S/C26H35N3O5S/c1-33-23-9-5-21(6-10-23)25(28-13-3-2-4-14-28)19-27-20-26(30)22-7-11-24(12-8-22)35(31,32)29-15-17-34-18-16-29/h5-12,25,27H,2-4,13-20H2,1H3. The number of hydrogen-bond donors (Lipinski definition) is 1. The summed E-state index contributed by atoms with van der Waals surface area (Å²) in [6, 6.07) is 14.6. The monoisotopic (exact) mass is 501 g/mol. The van der Waals surface area contributed by atoms with Crippen LogP contribution in [-0.4, -0.2) is 83.0 Å². The Morgan fingerprint density at radius 3 is 2.26 bits per heavy atom. The minimum Gasteiger partial charge on any atom is -0.497 e. The number of ether oxygens (including phenoxy) is 2. The lowest BCUT2D eigenvalue weighted by atomic mass is 10.0. The van der Waals surface area contributed by atoms with E-state index in [1.165, 1.54) is 41.3 Å². The Bertz CT molecular complexity index is 1060. The minimum atomic E-state index is -3.57. The fraction of sp³-hybridized carbons (Fsp3) is 0.500.